The van der Waals surface area contributed by atoms with Crippen molar-refractivity contribution >= 4 is 10.0 Å². The van der Waals surface area contributed by atoms with E-state index in [1.807, 2.05) is 11.5 Å². The number of imidazole rings is 1. The lowest BCUT2D eigenvalue weighted by Crippen LogP contribution is -2.18. The second kappa shape index (κ2) is 8.00. The van der Waals surface area contributed by atoms with E-state index < -0.39 is 21.8 Å². The maximum absolute atomic E-state index is 13.0. The van der Waals surface area contributed by atoms with Gasteiger partial charge in [-0.05, 0) is 49.7 Å². The van der Waals surface area contributed by atoms with Crippen molar-refractivity contribution in [3.63, 3.8) is 0 Å². The Morgan fingerprint density at radius 1 is 1.14 bits per heavy atom. The van der Waals surface area contributed by atoms with Gasteiger partial charge in [-0.3, -0.25) is 0 Å². The van der Waals surface area contributed by atoms with Crippen LogP contribution in [0.25, 0.3) is 11.3 Å². The molecule has 0 aliphatic carbocycles. The monoisotopic (exact) mass is 423 g/mol. The van der Waals surface area contributed by atoms with Gasteiger partial charge >= 0.3 is 6.18 Å². The normalized spacial score (nSPS) is 12.3. The number of rotatable bonds is 6. The standard InChI is InChI=1S/C20H20F3N3O2S/c1-3-26-12-19(25-13-26)18-11-17(29(27,28)24-2)8-7-15(18)9-14-5-4-6-16(10-14)20(21,22)23/h4-8,10-13,24H,3,9H2,1-2H3. The first-order valence-corrected chi connectivity index (χ1v) is 10.4. The number of nitrogens with one attached hydrogen (secondary N) is 1. The molecule has 5 nitrogen and oxygen atoms in total. The van der Waals surface area contributed by atoms with E-state index in [4.69, 9.17) is 0 Å². The number of alkyl halides is 3. The van der Waals surface area contributed by atoms with Crippen LogP contribution < -0.4 is 4.72 Å². The van der Waals surface area contributed by atoms with Gasteiger partial charge in [0.25, 0.3) is 0 Å². The maximum atomic E-state index is 13.0. The average Bonchev–Trinajstić information content (AvgIpc) is 3.17. The van der Waals surface area contributed by atoms with Crippen molar-refractivity contribution in [2.75, 3.05) is 7.05 Å². The smallest absolute Gasteiger partial charge is 0.337 e. The van der Waals surface area contributed by atoms with Gasteiger partial charge in [-0.25, -0.2) is 18.1 Å². The molecule has 0 amide bonds. The lowest BCUT2D eigenvalue weighted by Gasteiger charge is -2.13. The lowest BCUT2D eigenvalue weighted by atomic mass is 9.97. The number of aryl methyl sites for hydroxylation is 1. The number of aromatic nitrogens is 2. The minimum absolute atomic E-state index is 0.0637. The van der Waals surface area contributed by atoms with E-state index in [1.165, 1.54) is 25.2 Å². The number of hydrogen-bond donors (Lipinski definition) is 1. The van der Waals surface area contributed by atoms with E-state index in [1.54, 1.807) is 24.7 Å². The molecule has 9 heteroatoms. The molecule has 0 bridgehead atoms. The van der Waals surface area contributed by atoms with Gasteiger partial charge in [0.1, 0.15) is 0 Å². The summed E-state index contributed by atoms with van der Waals surface area (Å²) in [5, 5.41) is 0. The minimum Gasteiger partial charge on any atom is -0.337 e. The number of nitrogens with zero attached hydrogens (tertiary/aromatic N) is 2. The summed E-state index contributed by atoms with van der Waals surface area (Å²) in [5.41, 5.74) is 1.55. The fourth-order valence-corrected chi connectivity index (χ4v) is 3.74. The molecule has 0 atom stereocenters. The van der Waals surface area contributed by atoms with E-state index in [2.05, 4.69) is 9.71 Å². The van der Waals surface area contributed by atoms with Gasteiger partial charge in [-0.15, -0.1) is 0 Å². The largest absolute Gasteiger partial charge is 0.416 e. The summed E-state index contributed by atoms with van der Waals surface area (Å²) >= 11 is 0. The molecule has 2 aromatic carbocycles. The Hall–Kier alpha value is -2.65. The topological polar surface area (TPSA) is 64.0 Å². The molecule has 0 aliphatic rings. The fourth-order valence-electron chi connectivity index (χ4n) is 2.98. The van der Waals surface area contributed by atoms with Crippen LogP contribution in [-0.4, -0.2) is 25.0 Å². The highest BCUT2D eigenvalue weighted by Gasteiger charge is 2.30. The quantitative estimate of drug-likeness (QED) is 0.650. The van der Waals surface area contributed by atoms with Crippen LogP contribution in [0.15, 0.2) is 59.9 Å². The SMILES string of the molecule is CCn1cnc(-c2cc(S(=O)(=O)NC)ccc2Cc2cccc(C(F)(F)F)c2)c1. The highest BCUT2D eigenvalue weighted by Crippen LogP contribution is 2.32. The molecule has 0 saturated heterocycles. The predicted molar refractivity (Wildman–Crippen MR) is 104 cm³/mol. The molecule has 1 aromatic heterocycles. The summed E-state index contributed by atoms with van der Waals surface area (Å²) in [6, 6.07) is 9.66. The van der Waals surface area contributed by atoms with Gasteiger partial charge in [-0.2, -0.15) is 13.2 Å². The Morgan fingerprint density at radius 2 is 1.90 bits per heavy atom. The molecule has 0 spiro atoms. The summed E-state index contributed by atoms with van der Waals surface area (Å²) in [4.78, 5) is 4.40. The first kappa shape index (κ1) is 21.1. The molecule has 1 heterocycles. The van der Waals surface area contributed by atoms with Crippen molar-refractivity contribution < 1.29 is 21.6 Å². The van der Waals surface area contributed by atoms with Crippen molar-refractivity contribution in [3.05, 3.63) is 71.7 Å². The molecular formula is C20H20F3N3O2S. The Bertz CT molecular complexity index is 1120. The summed E-state index contributed by atoms with van der Waals surface area (Å²) in [7, 11) is -2.36. The van der Waals surface area contributed by atoms with Crippen LogP contribution in [0.5, 0.6) is 0 Å². The zero-order valence-electron chi connectivity index (χ0n) is 15.9. The van der Waals surface area contributed by atoms with Gasteiger partial charge in [0, 0.05) is 18.3 Å². The Labute approximate surface area is 167 Å². The second-order valence-electron chi connectivity index (χ2n) is 6.49. The average molecular weight is 423 g/mol. The molecule has 0 unspecified atom stereocenters. The summed E-state index contributed by atoms with van der Waals surface area (Å²) < 4.78 is 67.6. The molecule has 154 valence electrons. The maximum Gasteiger partial charge on any atom is 0.416 e. The van der Waals surface area contributed by atoms with Crippen molar-refractivity contribution in [2.24, 2.45) is 0 Å². The van der Waals surface area contributed by atoms with Gasteiger partial charge in [0.05, 0.1) is 22.5 Å². The molecular weight excluding hydrogens is 403 g/mol. The van der Waals surface area contributed by atoms with Crippen LogP contribution in [0.3, 0.4) is 0 Å². The molecule has 3 aromatic rings. The molecule has 1 N–H and O–H groups in total. The van der Waals surface area contributed by atoms with E-state index in [9.17, 15) is 21.6 Å². The minimum atomic E-state index is -4.43. The van der Waals surface area contributed by atoms with Gasteiger partial charge in [-0.1, -0.05) is 24.3 Å². The van der Waals surface area contributed by atoms with Crippen molar-refractivity contribution in [1.82, 2.24) is 14.3 Å². The van der Waals surface area contributed by atoms with Crippen LogP contribution in [0.2, 0.25) is 0 Å². The molecule has 0 saturated carbocycles. The predicted octanol–water partition coefficient (Wildman–Crippen LogP) is 4.09. The van der Waals surface area contributed by atoms with E-state index in [0.717, 1.165) is 12.1 Å². The second-order valence-corrected chi connectivity index (χ2v) is 8.38. The zero-order valence-corrected chi connectivity index (χ0v) is 16.7. The third-order valence-electron chi connectivity index (χ3n) is 4.58. The van der Waals surface area contributed by atoms with Gasteiger partial charge in [0.15, 0.2) is 0 Å². The fraction of sp³-hybridized carbons (Fsp3) is 0.250. The lowest BCUT2D eigenvalue weighted by molar-refractivity contribution is -0.137. The first-order chi connectivity index (χ1) is 13.6. The van der Waals surface area contributed by atoms with E-state index in [0.29, 0.717) is 28.9 Å². The Kier molecular flexibility index (Phi) is 5.81. The van der Waals surface area contributed by atoms with Crippen LogP contribution in [0.1, 0.15) is 23.6 Å². The highest BCUT2D eigenvalue weighted by molar-refractivity contribution is 7.89. The molecule has 0 fully saturated rings. The summed E-state index contributed by atoms with van der Waals surface area (Å²) in [5.74, 6) is 0. The third kappa shape index (κ3) is 4.68. The third-order valence-corrected chi connectivity index (χ3v) is 6.00. The number of halogens is 3. The van der Waals surface area contributed by atoms with Crippen molar-refractivity contribution in [2.45, 2.75) is 31.0 Å². The van der Waals surface area contributed by atoms with Gasteiger partial charge in [0.2, 0.25) is 10.0 Å². The molecule has 29 heavy (non-hydrogen) atoms. The molecule has 3 rings (SSSR count). The highest BCUT2D eigenvalue weighted by atomic mass is 32.2. The first-order valence-electron chi connectivity index (χ1n) is 8.89. The Morgan fingerprint density at radius 3 is 2.52 bits per heavy atom. The Balaban J connectivity index is 2.08. The van der Waals surface area contributed by atoms with E-state index in [-0.39, 0.29) is 11.3 Å². The zero-order chi connectivity index (χ0) is 21.2. The van der Waals surface area contributed by atoms with Crippen LogP contribution in [0, 0.1) is 0 Å². The molecule has 0 aliphatic heterocycles. The van der Waals surface area contributed by atoms with Crippen LogP contribution in [0.4, 0.5) is 13.2 Å². The van der Waals surface area contributed by atoms with Crippen LogP contribution in [-0.2, 0) is 29.2 Å². The van der Waals surface area contributed by atoms with Crippen molar-refractivity contribution in [3.8, 4) is 11.3 Å². The number of hydrogen-bond acceptors (Lipinski definition) is 3. The molecule has 0 radical (unpaired) electrons. The van der Waals surface area contributed by atoms with Crippen LogP contribution >= 0.6 is 0 Å². The summed E-state index contributed by atoms with van der Waals surface area (Å²) in [6.45, 7) is 2.63. The number of benzene rings is 2. The van der Waals surface area contributed by atoms with E-state index >= 15 is 0 Å². The number of sulfonamides is 1. The van der Waals surface area contributed by atoms with Gasteiger partial charge < -0.3 is 4.57 Å². The van der Waals surface area contributed by atoms with Crippen molar-refractivity contribution in [1.29, 1.82) is 0 Å². The summed E-state index contributed by atoms with van der Waals surface area (Å²) in [6.07, 6.45) is -0.815.